The molecule has 1 aromatic heterocycles. The summed E-state index contributed by atoms with van der Waals surface area (Å²) in [6.45, 7) is 8.44. The van der Waals surface area contributed by atoms with E-state index in [2.05, 4.69) is 32.2 Å². The zero-order chi connectivity index (χ0) is 18.4. The Morgan fingerprint density at radius 2 is 1.96 bits per heavy atom. The standard InChI is InChI=1S/C19H26FN5O.HI/c1-3-15-13-16(26-23-15)14-22-19(21-4-2)25-11-9-24(10-12-25)18-8-6-5-7-17(18)20;/h5-8,13H,3-4,9-12,14H2,1-2H3,(H,21,22);1H. The normalized spacial score (nSPS) is 14.9. The highest BCUT2D eigenvalue weighted by atomic mass is 127. The van der Waals surface area contributed by atoms with Crippen LogP contribution in [0.15, 0.2) is 39.8 Å². The van der Waals surface area contributed by atoms with Gasteiger partial charge in [0.25, 0.3) is 0 Å². The van der Waals surface area contributed by atoms with Crippen LogP contribution in [0.4, 0.5) is 10.1 Å². The van der Waals surface area contributed by atoms with Crippen LogP contribution in [-0.2, 0) is 13.0 Å². The minimum absolute atomic E-state index is 0. The number of nitrogens with one attached hydrogen (secondary N) is 1. The first-order valence-electron chi connectivity index (χ1n) is 9.18. The molecule has 3 rings (SSSR count). The average Bonchev–Trinajstić information content (AvgIpc) is 3.14. The number of hydrogen-bond acceptors (Lipinski definition) is 4. The number of aromatic nitrogens is 1. The molecule has 0 radical (unpaired) electrons. The van der Waals surface area contributed by atoms with Crippen molar-refractivity contribution in [2.75, 3.05) is 37.6 Å². The van der Waals surface area contributed by atoms with Crippen LogP contribution in [0.5, 0.6) is 0 Å². The fraction of sp³-hybridized carbons (Fsp3) is 0.474. The summed E-state index contributed by atoms with van der Waals surface area (Å²) in [6.07, 6.45) is 0.852. The van der Waals surface area contributed by atoms with E-state index >= 15 is 0 Å². The fourth-order valence-electron chi connectivity index (χ4n) is 3.04. The van der Waals surface area contributed by atoms with Crippen molar-refractivity contribution < 1.29 is 8.91 Å². The molecule has 148 valence electrons. The van der Waals surface area contributed by atoms with Gasteiger partial charge in [0, 0.05) is 38.8 Å². The van der Waals surface area contributed by atoms with Crippen molar-refractivity contribution in [3.63, 3.8) is 0 Å². The van der Waals surface area contributed by atoms with Gasteiger partial charge < -0.3 is 19.6 Å². The van der Waals surface area contributed by atoms with Crippen LogP contribution >= 0.6 is 24.0 Å². The summed E-state index contributed by atoms with van der Waals surface area (Å²) < 4.78 is 19.3. The van der Waals surface area contributed by atoms with Gasteiger partial charge in [0.2, 0.25) is 0 Å². The number of hydrogen-bond donors (Lipinski definition) is 1. The van der Waals surface area contributed by atoms with Crippen molar-refractivity contribution in [2.24, 2.45) is 4.99 Å². The van der Waals surface area contributed by atoms with Crippen LogP contribution in [0.25, 0.3) is 0 Å². The fourth-order valence-corrected chi connectivity index (χ4v) is 3.04. The molecular weight excluding hydrogens is 460 g/mol. The van der Waals surface area contributed by atoms with E-state index in [0.717, 1.165) is 56.6 Å². The lowest BCUT2D eigenvalue weighted by molar-refractivity contribution is 0.363. The number of anilines is 1. The number of piperazine rings is 1. The van der Waals surface area contributed by atoms with Crippen LogP contribution in [0.1, 0.15) is 25.3 Å². The summed E-state index contributed by atoms with van der Waals surface area (Å²) in [7, 11) is 0. The molecule has 8 heteroatoms. The van der Waals surface area contributed by atoms with E-state index in [9.17, 15) is 4.39 Å². The van der Waals surface area contributed by atoms with Crippen molar-refractivity contribution >= 4 is 35.6 Å². The van der Waals surface area contributed by atoms with E-state index in [4.69, 9.17) is 4.52 Å². The van der Waals surface area contributed by atoms with Gasteiger partial charge in [-0.05, 0) is 25.5 Å². The van der Waals surface area contributed by atoms with Gasteiger partial charge in [-0.25, -0.2) is 9.38 Å². The molecule has 1 aromatic carbocycles. The van der Waals surface area contributed by atoms with Crippen LogP contribution < -0.4 is 10.2 Å². The van der Waals surface area contributed by atoms with Gasteiger partial charge in [-0.2, -0.15) is 0 Å². The number of para-hydroxylation sites is 1. The maximum atomic E-state index is 14.0. The van der Waals surface area contributed by atoms with E-state index < -0.39 is 0 Å². The highest BCUT2D eigenvalue weighted by Gasteiger charge is 2.21. The SMILES string of the molecule is CCNC(=NCc1cc(CC)no1)N1CCN(c2ccccc2F)CC1.I. The molecule has 2 heterocycles. The Bertz CT molecular complexity index is 743. The van der Waals surface area contributed by atoms with E-state index in [0.29, 0.717) is 12.2 Å². The Morgan fingerprint density at radius 1 is 1.22 bits per heavy atom. The molecule has 0 atom stereocenters. The molecule has 0 unspecified atom stereocenters. The van der Waals surface area contributed by atoms with E-state index in [-0.39, 0.29) is 29.8 Å². The van der Waals surface area contributed by atoms with Gasteiger partial charge in [0.1, 0.15) is 12.4 Å². The zero-order valence-corrected chi connectivity index (χ0v) is 18.2. The van der Waals surface area contributed by atoms with Gasteiger partial charge in [0.05, 0.1) is 11.4 Å². The summed E-state index contributed by atoms with van der Waals surface area (Å²) in [5.41, 5.74) is 1.61. The molecule has 2 aromatic rings. The van der Waals surface area contributed by atoms with Crippen LogP contribution in [0.3, 0.4) is 0 Å². The topological polar surface area (TPSA) is 56.9 Å². The van der Waals surface area contributed by atoms with Crippen LogP contribution in [0, 0.1) is 5.82 Å². The van der Waals surface area contributed by atoms with Crippen molar-refractivity contribution in [1.29, 1.82) is 0 Å². The van der Waals surface area contributed by atoms with E-state index in [1.165, 1.54) is 6.07 Å². The second-order valence-electron chi connectivity index (χ2n) is 6.23. The number of aryl methyl sites for hydroxylation is 1. The summed E-state index contributed by atoms with van der Waals surface area (Å²) in [6, 6.07) is 8.88. The summed E-state index contributed by atoms with van der Waals surface area (Å²) >= 11 is 0. The molecular formula is C19H27FIN5O. The highest BCUT2D eigenvalue weighted by Crippen LogP contribution is 2.20. The third kappa shape index (κ3) is 5.57. The molecule has 0 bridgehead atoms. The quantitative estimate of drug-likeness (QED) is 0.399. The molecule has 0 amide bonds. The lowest BCUT2D eigenvalue weighted by atomic mass is 10.2. The van der Waals surface area contributed by atoms with Crippen molar-refractivity contribution in [2.45, 2.75) is 26.8 Å². The van der Waals surface area contributed by atoms with E-state index in [1.807, 2.05) is 25.1 Å². The second kappa shape index (κ2) is 10.5. The molecule has 1 N–H and O–H groups in total. The second-order valence-corrected chi connectivity index (χ2v) is 6.23. The lowest BCUT2D eigenvalue weighted by Crippen LogP contribution is -2.52. The first kappa shape index (κ1) is 21.5. The molecule has 6 nitrogen and oxygen atoms in total. The number of benzene rings is 1. The summed E-state index contributed by atoms with van der Waals surface area (Å²) in [4.78, 5) is 8.96. The minimum atomic E-state index is -0.168. The number of aliphatic imine (C=N–C) groups is 1. The van der Waals surface area contributed by atoms with Gasteiger partial charge in [-0.15, -0.1) is 24.0 Å². The average molecular weight is 487 g/mol. The molecule has 1 fully saturated rings. The Kier molecular flexibility index (Phi) is 8.33. The van der Waals surface area contributed by atoms with Crippen molar-refractivity contribution in [3.8, 4) is 0 Å². The van der Waals surface area contributed by atoms with Crippen LogP contribution in [-0.4, -0.2) is 48.7 Å². The maximum Gasteiger partial charge on any atom is 0.194 e. The molecule has 0 aliphatic carbocycles. The zero-order valence-electron chi connectivity index (χ0n) is 15.8. The van der Waals surface area contributed by atoms with Crippen molar-refractivity contribution in [1.82, 2.24) is 15.4 Å². The van der Waals surface area contributed by atoms with Crippen molar-refractivity contribution in [3.05, 3.63) is 47.6 Å². The first-order valence-corrected chi connectivity index (χ1v) is 9.18. The van der Waals surface area contributed by atoms with Gasteiger partial charge >= 0.3 is 0 Å². The molecule has 1 saturated heterocycles. The monoisotopic (exact) mass is 487 g/mol. The number of rotatable bonds is 5. The molecule has 1 aliphatic heterocycles. The van der Waals surface area contributed by atoms with Gasteiger partial charge in [-0.1, -0.05) is 24.2 Å². The third-order valence-electron chi connectivity index (χ3n) is 4.46. The summed E-state index contributed by atoms with van der Waals surface area (Å²) in [5, 5.41) is 7.33. The van der Waals surface area contributed by atoms with Gasteiger partial charge in [-0.3, -0.25) is 0 Å². The molecule has 0 saturated carbocycles. The Labute approximate surface area is 176 Å². The largest absolute Gasteiger partial charge is 0.366 e. The first-order chi connectivity index (χ1) is 12.7. The number of guanidine groups is 1. The molecule has 0 spiro atoms. The Hall–Kier alpha value is -1.84. The molecule has 27 heavy (non-hydrogen) atoms. The predicted octanol–water partition coefficient (Wildman–Crippen LogP) is 3.28. The van der Waals surface area contributed by atoms with E-state index in [1.54, 1.807) is 6.07 Å². The predicted molar refractivity (Wildman–Crippen MR) is 116 cm³/mol. The third-order valence-corrected chi connectivity index (χ3v) is 4.46. The Balaban J connectivity index is 0.00000261. The maximum absolute atomic E-state index is 14.0. The Morgan fingerprint density at radius 3 is 2.59 bits per heavy atom. The number of nitrogens with zero attached hydrogens (tertiary/aromatic N) is 4. The number of halogens is 2. The minimum Gasteiger partial charge on any atom is -0.366 e. The smallest absolute Gasteiger partial charge is 0.194 e. The lowest BCUT2D eigenvalue weighted by Gasteiger charge is -2.37. The van der Waals surface area contributed by atoms with Gasteiger partial charge in [0.15, 0.2) is 11.7 Å². The molecule has 1 aliphatic rings. The highest BCUT2D eigenvalue weighted by molar-refractivity contribution is 14.0. The summed E-state index contributed by atoms with van der Waals surface area (Å²) in [5.74, 6) is 1.45. The van der Waals surface area contributed by atoms with Crippen LogP contribution in [0.2, 0.25) is 0 Å².